The lowest BCUT2D eigenvalue weighted by Crippen LogP contribution is -2.41. The molecule has 0 atom stereocenters. The Hall–Kier alpha value is -3.52. The van der Waals surface area contributed by atoms with Crippen molar-refractivity contribution in [2.75, 3.05) is 9.80 Å². The minimum Gasteiger partial charge on any atom is -0.333 e. The van der Waals surface area contributed by atoms with Gasteiger partial charge in [0.25, 0.3) is 0 Å². The first kappa shape index (κ1) is 17.3. The average Bonchev–Trinajstić information content (AvgIpc) is 2.88. The van der Waals surface area contributed by atoms with Gasteiger partial charge in [0.1, 0.15) is 0 Å². The smallest absolute Gasteiger partial charge is 0.0779 e. The molecule has 0 saturated carbocycles. The summed E-state index contributed by atoms with van der Waals surface area (Å²) >= 11 is 0. The standard InChI is InChI=1S/C28H24N2/c1-28(2,3)30-25-17-9-8-16-24(25)29-23-15-7-6-13-21(23)19-11-4-5-12-20(19)22-14-10-18-26(30)27(22)29/h4-18H,1-3H3. The number of benzene rings is 4. The summed E-state index contributed by atoms with van der Waals surface area (Å²) in [6.45, 7) is 6.87. The lowest BCUT2D eigenvalue weighted by atomic mass is 9.93. The summed E-state index contributed by atoms with van der Waals surface area (Å²) in [6, 6.07) is 33.1. The Bertz CT molecular complexity index is 1300. The van der Waals surface area contributed by atoms with E-state index in [1.165, 1.54) is 50.7 Å². The van der Waals surface area contributed by atoms with Crippen molar-refractivity contribution in [3.8, 4) is 22.3 Å². The van der Waals surface area contributed by atoms with E-state index in [2.05, 4.69) is 122 Å². The molecule has 0 unspecified atom stereocenters. The van der Waals surface area contributed by atoms with Crippen molar-refractivity contribution >= 4 is 28.4 Å². The van der Waals surface area contributed by atoms with Gasteiger partial charge < -0.3 is 9.80 Å². The van der Waals surface area contributed by atoms with Gasteiger partial charge in [-0.15, -0.1) is 0 Å². The lowest BCUT2D eigenvalue weighted by Gasteiger charge is -2.46. The van der Waals surface area contributed by atoms with Gasteiger partial charge in [0.2, 0.25) is 0 Å². The molecule has 2 aliphatic heterocycles. The molecular weight excluding hydrogens is 364 g/mol. The fraction of sp³-hybridized carbons (Fsp3) is 0.143. The highest BCUT2D eigenvalue weighted by Gasteiger charge is 2.38. The van der Waals surface area contributed by atoms with Crippen LogP contribution in [-0.4, -0.2) is 5.54 Å². The van der Waals surface area contributed by atoms with E-state index in [1.54, 1.807) is 0 Å². The number of para-hydroxylation sites is 4. The second-order valence-corrected chi connectivity index (χ2v) is 9.07. The molecule has 4 aromatic rings. The highest BCUT2D eigenvalue weighted by atomic mass is 15.3. The van der Waals surface area contributed by atoms with E-state index in [0.29, 0.717) is 0 Å². The van der Waals surface area contributed by atoms with Crippen molar-refractivity contribution in [3.63, 3.8) is 0 Å². The number of rotatable bonds is 0. The molecule has 2 nitrogen and oxygen atoms in total. The van der Waals surface area contributed by atoms with Crippen molar-refractivity contribution in [2.24, 2.45) is 0 Å². The zero-order chi connectivity index (χ0) is 20.5. The first-order valence-corrected chi connectivity index (χ1v) is 10.6. The van der Waals surface area contributed by atoms with Crippen molar-refractivity contribution in [1.29, 1.82) is 0 Å². The Labute approximate surface area is 178 Å². The monoisotopic (exact) mass is 388 g/mol. The van der Waals surface area contributed by atoms with Crippen LogP contribution in [0.1, 0.15) is 20.8 Å². The number of nitrogens with zero attached hydrogens (tertiary/aromatic N) is 2. The molecule has 30 heavy (non-hydrogen) atoms. The predicted octanol–water partition coefficient (Wildman–Crippen LogP) is 8.05. The van der Waals surface area contributed by atoms with Crippen LogP contribution in [0.25, 0.3) is 22.3 Å². The molecule has 0 spiro atoms. The lowest BCUT2D eigenvalue weighted by molar-refractivity contribution is 0.559. The largest absolute Gasteiger partial charge is 0.333 e. The Morgan fingerprint density at radius 3 is 1.67 bits per heavy atom. The van der Waals surface area contributed by atoms with Crippen LogP contribution in [0.4, 0.5) is 28.4 Å². The number of fused-ring (bicyclic) bond motifs is 7. The third-order valence-electron chi connectivity index (χ3n) is 6.17. The van der Waals surface area contributed by atoms with Crippen LogP contribution < -0.4 is 9.80 Å². The van der Waals surface area contributed by atoms with Crippen LogP contribution in [0.15, 0.2) is 91.0 Å². The average molecular weight is 389 g/mol. The Morgan fingerprint density at radius 1 is 0.467 bits per heavy atom. The van der Waals surface area contributed by atoms with Gasteiger partial charge in [0.05, 0.1) is 28.4 Å². The van der Waals surface area contributed by atoms with Crippen LogP contribution >= 0.6 is 0 Å². The maximum absolute atomic E-state index is 2.49. The van der Waals surface area contributed by atoms with Gasteiger partial charge in [-0.2, -0.15) is 0 Å². The first-order valence-electron chi connectivity index (χ1n) is 10.6. The second kappa shape index (κ2) is 5.99. The summed E-state index contributed by atoms with van der Waals surface area (Å²) in [6.07, 6.45) is 0. The Kier molecular flexibility index (Phi) is 3.47. The second-order valence-electron chi connectivity index (χ2n) is 9.07. The van der Waals surface area contributed by atoms with Gasteiger partial charge in [0.15, 0.2) is 0 Å². The van der Waals surface area contributed by atoms with Crippen LogP contribution in [0, 0.1) is 0 Å². The SMILES string of the molecule is CC(C)(C)N1c2ccccc2N2c3ccccc3-c3ccccc3-c3cccc1c32. The van der Waals surface area contributed by atoms with Crippen LogP contribution in [0.5, 0.6) is 0 Å². The van der Waals surface area contributed by atoms with Gasteiger partial charge in [-0.1, -0.05) is 66.7 Å². The normalized spacial score (nSPS) is 13.7. The molecule has 0 amide bonds. The molecule has 0 N–H and O–H groups in total. The van der Waals surface area contributed by atoms with E-state index < -0.39 is 0 Å². The molecule has 146 valence electrons. The summed E-state index contributed by atoms with van der Waals surface area (Å²) in [7, 11) is 0. The summed E-state index contributed by atoms with van der Waals surface area (Å²) in [5.41, 5.74) is 11.3. The predicted molar refractivity (Wildman–Crippen MR) is 127 cm³/mol. The maximum Gasteiger partial charge on any atom is 0.0779 e. The topological polar surface area (TPSA) is 6.48 Å². The summed E-state index contributed by atoms with van der Waals surface area (Å²) in [5, 5.41) is 0. The Morgan fingerprint density at radius 2 is 0.967 bits per heavy atom. The fourth-order valence-corrected chi connectivity index (χ4v) is 5.08. The highest BCUT2D eigenvalue weighted by Crippen LogP contribution is 2.60. The third kappa shape index (κ3) is 2.25. The van der Waals surface area contributed by atoms with Crippen LogP contribution in [0.2, 0.25) is 0 Å². The van der Waals surface area contributed by atoms with Gasteiger partial charge in [-0.3, -0.25) is 0 Å². The van der Waals surface area contributed by atoms with Crippen molar-refractivity contribution in [2.45, 2.75) is 26.3 Å². The fourth-order valence-electron chi connectivity index (χ4n) is 5.08. The molecule has 6 rings (SSSR count). The molecule has 0 aromatic heterocycles. The van der Waals surface area contributed by atoms with Crippen molar-refractivity contribution in [3.05, 3.63) is 91.0 Å². The van der Waals surface area contributed by atoms with E-state index in [0.717, 1.165) is 0 Å². The summed E-state index contributed by atoms with van der Waals surface area (Å²) < 4.78 is 0. The van der Waals surface area contributed by atoms with E-state index in [9.17, 15) is 0 Å². The number of anilines is 5. The molecule has 4 aromatic carbocycles. The number of hydrogen-bond donors (Lipinski definition) is 0. The molecule has 0 radical (unpaired) electrons. The van der Waals surface area contributed by atoms with Crippen molar-refractivity contribution in [1.82, 2.24) is 0 Å². The van der Waals surface area contributed by atoms with Crippen molar-refractivity contribution < 1.29 is 0 Å². The third-order valence-corrected chi connectivity index (χ3v) is 6.17. The van der Waals surface area contributed by atoms with E-state index >= 15 is 0 Å². The van der Waals surface area contributed by atoms with E-state index in [1.807, 2.05) is 0 Å². The Balaban J connectivity index is 1.82. The molecule has 0 saturated heterocycles. The van der Waals surface area contributed by atoms with Crippen LogP contribution in [0.3, 0.4) is 0 Å². The quantitative estimate of drug-likeness (QED) is 0.265. The molecule has 0 aliphatic carbocycles. The zero-order valence-electron chi connectivity index (χ0n) is 17.6. The zero-order valence-corrected chi connectivity index (χ0v) is 17.6. The van der Waals surface area contributed by atoms with Gasteiger partial charge in [-0.25, -0.2) is 0 Å². The summed E-state index contributed by atoms with van der Waals surface area (Å²) in [4.78, 5) is 4.96. The molecular formula is C28H24N2. The highest BCUT2D eigenvalue weighted by molar-refractivity contribution is 6.10. The molecule has 2 heteroatoms. The van der Waals surface area contributed by atoms with E-state index in [4.69, 9.17) is 0 Å². The van der Waals surface area contributed by atoms with Gasteiger partial charge in [0, 0.05) is 16.7 Å². The molecule has 0 bridgehead atoms. The minimum atomic E-state index is -0.0529. The number of hydrogen-bond acceptors (Lipinski definition) is 2. The van der Waals surface area contributed by atoms with Gasteiger partial charge >= 0.3 is 0 Å². The molecule has 2 aliphatic rings. The minimum absolute atomic E-state index is 0.0529. The van der Waals surface area contributed by atoms with Gasteiger partial charge in [-0.05, 0) is 56.2 Å². The first-order chi connectivity index (χ1) is 14.6. The molecule has 0 fully saturated rings. The van der Waals surface area contributed by atoms with Crippen LogP contribution in [-0.2, 0) is 0 Å². The summed E-state index contributed by atoms with van der Waals surface area (Å²) in [5.74, 6) is 0. The molecule has 2 heterocycles. The maximum atomic E-state index is 2.49. The van der Waals surface area contributed by atoms with E-state index in [-0.39, 0.29) is 5.54 Å².